The fraction of sp³-hybridized carbons (Fsp3) is 0.450. The number of nitrogens with zero attached hydrogens (tertiary/aromatic N) is 3. The Morgan fingerprint density at radius 2 is 2.07 bits per heavy atom. The number of aliphatic imine (C=N–C) groups is 2. The van der Waals surface area contributed by atoms with E-state index in [2.05, 4.69) is 30.5 Å². The Kier molecular flexibility index (Phi) is 4.71. The zero-order valence-electron chi connectivity index (χ0n) is 16.1. The highest BCUT2D eigenvalue weighted by atomic mass is 16.3. The summed E-state index contributed by atoms with van der Waals surface area (Å²) < 4.78 is 0. The van der Waals surface area contributed by atoms with Crippen molar-refractivity contribution < 1.29 is 9.90 Å². The van der Waals surface area contributed by atoms with Gasteiger partial charge in [-0.15, -0.1) is 0 Å². The quantitative estimate of drug-likeness (QED) is 0.553. The van der Waals surface area contributed by atoms with Crippen molar-refractivity contribution in [2.45, 2.75) is 26.7 Å². The average Bonchev–Trinajstić information content (AvgIpc) is 3.09. The fourth-order valence-corrected chi connectivity index (χ4v) is 4.30. The van der Waals surface area contributed by atoms with Crippen molar-refractivity contribution in [1.82, 2.24) is 0 Å². The van der Waals surface area contributed by atoms with Crippen LogP contribution in [0.3, 0.4) is 0 Å². The maximum atomic E-state index is 11.6. The van der Waals surface area contributed by atoms with E-state index < -0.39 is 0 Å². The topological polar surface area (TPSA) is 117 Å². The highest BCUT2D eigenvalue weighted by Gasteiger charge is 2.39. The number of phenols is 1. The Morgan fingerprint density at radius 3 is 2.63 bits per heavy atom. The molecule has 0 spiro atoms. The first kappa shape index (κ1) is 18.9. The number of rotatable bonds is 4. The van der Waals surface area contributed by atoms with Crippen LogP contribution < -0.4 is 16.4 Å². The molecular formula is C20H27N5O2. The summed E-state index contributed by atoms with van der Waals surface area (Å²) in [6.07, 6.45) is 1.35. The van der Waals surface area contributed by atoms with E-state index >= 15 is 0 Å². The minimum absolute atomic E-state index is 0.193. The lowest BCUT2D eigenvalue weighted by atomic mass is 9.70. The zero-order valence-corrected chi connectivity index (χ0v) is 16.1. The number of anilines is 1. The van der Waals surface area contributed by atoms with E-state index in [0.717, 1.165) is 22.4 Å². The molecule has 144 valence electrons. The minimum atomic E-state index is -0.335. The third-order valence-electron chi connectivity index (χ3n) is 5.61. The van der Waals surface area contributed by atoms with Crippen LogP contribution in [0.2, 0.25) is 0 Å². The van der Waals surface area contributed by atoms with Crippen molar-refractivity contribution in [2.75, 3.05) is 25.0 Å². The van der Waals surface area contributed by atoms with Crippen molar-refractivity contribution in [1.29, 1.82) is 0 Å². The summed E-state index contributed by atoms with van der Waals surface area (Å²) in [6.45, 7) is 9.08. The summed E-state index contributed by atoms with van der Waals surface area (Å²) >= 11 is 0. The Balaban J connectivity index is 2.20. The van der Waals surface area contributed by atoms with Crippen LogP contribution in [-0.2, 0) is 11.2 Å². The molecule has 1 aromatic rings. The molecule has 1 aromatic carbocycles. The molecule has 7 nitrogen and oxygen atoms in total. The first-order chi connectivity index (χ1) is 12.7. The number of carbonyl (C=O) groups is 1. The van der Waals surface area contributed by atoms with Gasteiger partial charge in [0.1, 0.15) is 11.6 Å². The Labute approximate surface area is 159 Å². The Morgan fingerprint density at radius 1 is 1.37 bits per heavy atom. The molecule has 1 fully saturated rings. The Bertz CT molecular complexity index is 869. The van der Waals surface area contributed by atoms with Crippen LogP contribution in [0, 0.1) is 11.3 Å². The summed E-state index contributed by atoms with van der Waals surface area (Å²) in [6, 6.07) is 3.50. The van der Waals surface area contributed by atoms with Crippen molar-refractivity contribution in [3.8, 4) is 5.75 Å². The van der Waals surface area contributed by atoms with E-state index in [0.29, 0.717) is 37.5 Å². The van der Waals surface area contributed by atoms with Crippen molar-refractivity contribution in [3.05, 3.63) is 28.8 Å². The predicted molar refractivity (Wildman–Crippen MR) is 109 cm³/mol. The van der Waals surface area contributed by atoms with Crippen LogP contribution in [0.25, 0.3) is 5.70 Å². The highest BCUT2D eigenvalue weighted by Crippen LogP contribution is 2.49. The standard InChI is InChI=1S/C20H27N5O2/c1-20(2)9-13-12(16(23-3)15(20)18(21)24-4)5-6-14(26)17(13)25-8-7-11(10-25)19(22)27/h5-6,11,26H,3,7-10H2,1-2,4H3,(H2,21,24)(H2,22,27). The van der Waals surface area contributed by atoms with Crippen molar-refractivity contribution >= 4 is 29.8 Å². The van der Waals surface area contributed by atoms with Crippen LogP contribution in [-0.4, -0.2) is 43.7 Å². The molecule has 1 aliphatic carbocycles. The number of amides is 1. The predicted octanol–water partition coefficient (Wildman–Crippen LogP) is 1.68. The molecule has 3 rings (SSSR count). The van der Waals surface area contributed by atoms with E-state index in [9.17, 15) is 9.90 Å². The third-order valence-corrected chi connectivity index (χ3v) is 5.61. The normalized spacial score (nSPS) is 22.0. The second-order valence-corrected chi connectivity index (χ2v) is 7.84. The number of nitrogens with two attached hydrogens (primary N) is 2. The SMILES string of the molecule is C=NC1=C(C(N)=NC)C(C)(C)Cc2c1ccc(O)c2N1CCC(C(N)=O)C1. The van der Waals surface area contributed by atoms with E-state index in [1.165, 1.54) is 0 Å². The van der Waals surface area contributed by atoms with Gasteiger partial charge in [0.15, 0.2) is 0 Å². The number of carbonyl (C=O) groups excluding carboxylic acids is 1. The molecule has 7 heteroatoms. The summed E-state index contributed by atoms with van der Waals surface area (Å²) in [5.41, 5.74) is 15.5. The number of benzene rings is 1. The lowest BCUT2D eigenvalue weighted by Crippen LogP contribution is -2.34. The van der Waals surface area contributed by atoms with Gasteiger partial charge in [0.2, 0.25) is 5.91 Å². The second kappa shape index (κ2) is 6.72. The lowest BCUT2D eigenvalue weighted by molar-refractivity contribution is -0.121. The van der Waals surface area contributed by atoms with Gasteiger partial charge in [-0.05, 0) is 42.7 Å². The smallest absolute Gasteiger partial charge is 0.222 e. The molecule has 0 saturated carbocycles. The first-order valence-electron chi connectivity index (χ1n) is 9.04. The van der Waals surface area contributed by atoms with Gasteiger partial charge in [-0.1, -0.05) is 13.8 Å². The molecule has 0 radical (unpaired) electrons. The summed E-state index contributed by atoms with van der Waals surface area (Å²) in [7, 11) is 1.66. The number of hydrogen-bond acceptors (Lipinski definition) is 5. The number of amidine groups is 1. The highest BCUT2D eigenvalue weighted by molar-refractivity contribution is 6.06. The van der Waals surface area contributed by atoms with Gasteiger partial charge >= 0.3 is 0 Å². The molecule has 0 aromatic heterocycles. The molecule has 1 unspecified atom stereocenters. The van der Waals surface area contributed by atoms with Crippen LogP contribution >= 0.6 is 0 Å². The molecular weight excluding hydrogens is 342 g/mol. The first-order valence-corrected chi connectivity index (χ1v) is 9.04. The number of phenolic OH excluding ortho intramolecular Hbond substituents is 1. The van der Waals surface area contributed by atoms with Gasteiger partial charge in [0.05, 0.1) is 17.3 Å². The lowest BCUT2D eigenvalue weighted by Gasteiger charge is -2.37. The van der Waals surface area contributed by atoms with E-state index in [1.807, 2.05) is 11.0 Å². The van der Waals surface area contributed by atoms with E-state index in [4.69, 9.17) is 11.5 Å². The molecule has 1 amide bonds. The second-order valence-electron chi connectivity index (χ2n) is 7.84. The van der Waals surface area contributed by atoms with Gasteiger partial charge in [-0.2, -0.15) is 0 Å². The van der Waals surface area contributed by atoms with Gasteiger partial charge in [0, 0.05) is 31.3 Å². The van der Waals surface area contributed by atoms with Gasteiger partial charge in [0.25, 0.3) is 0 Å². The summed E-state index contributed by atoms with van der Waals surface area (Å²) in [5.74, 6) is 0.129. The fourth-order valence-electron chi connectivity index (χ4n) is 4.30. The van der Waals surface area contributed by atoms with Gasteiger partial charge < -0.3 is 21.5 Å². The maximum Gasteiger partial charge on any atom is 0.222 e. The van der Waals surface area contributed by atoms with Crippen LogP contribution in [0.15, 0.2) is 27.7 Å². The van der Waals surface area contributed by atoms with Crippen molar-refractivity contribution in [3.63, 3.8) is 0 Å². The van der Waals surface area contributed by atoms with E-state index in [-0.39, 0.29) is 23.0 Å². The monoisotopic (exact) mass is 369 g/mol. The van der Waals surface area contributed by atoms with Gasteiger partial charge in [-0.25, -0.2) is 0 Å². The van der Waals surface area contributed by atoms with E-state index in [1.54, 1.807) is 13.1 Å². The number of hydrogen-bond donors (Lipinski definition) is 3. The molecule has 1 heterocycles. The van der Waals surface area contributed by atoms with Crippen LogP contribution in [0.1, 0.15) is 31.4 Å². The third kappa shape index (κ3) is 3.07. The molecule has 27 heavy (non-hydrogen) atoms. The maximum absolute atomic E-state index is 11.6. The van der Waals surface area contributed by atoms with Crippen LogP contribution in [0.5, 0.6) is 5.75 Å². The zero-order chi connectivity index (χ0) is 19.9. The molecule has 0 bridgehead atoms. The average molecular weight is 369 g/mol. The largest absolute Gasteiger partial charge is 0.506 e. The molecule has 1 atom stereocenters. The molecule has 1 aliphatic heterocycles. The number of aromatic hydroxyl groups is 1. The minimum Gasteiger partial charge on any atom is -0.506 e. The summed E-state index contributed by atoms with van der Waals surface area (Å²) in [4.78, 5) is 22.1. The van der Waals surface area contributed by atoms with Crippen molar-refractivity contribution in [2.24, 2.45) is 32.8 Å². The summed E-state index contributed by atoms with van der Waals surface area (Å²) in [5, 5.41) is 10.6. The number of fused-ring (bicyclic) bond motifs is 1. The molecule has 5 N–H and O–H groups in total. The van der Waals surface area contributed by atoms with Crippen LogP contribution in [0.4, 0.5) is 5.69 Å². The molecule has 1 saturated heterocycles. The Hall–Kier alpha value is -2.83. The number of primary amides is 1. The van der Waals surface area contributed by atoms with Gasteiger partial charge in [-0.3, -0.25) is 14.8 Å². The molecule has 2 aliphatic rings.